The normalized spacial score (nSPS) is 25.0. The average molecular weight is 319 g/mol. The minimum absolute atomic E-state index is 0.106. The van der Waals surface area contributed by atoms with E-state index in [1.807, 2.05) is 23.1 Å². The van der Waals surface area contributed by atoms with Crippen LogP contribution in [0.3, 0.4) is 0 Å². The molecule has 0 saturated carbocycles. The second-order valence-electron chi connectivity index (χ2n) is 6.24. The fourth-order valence-electron chi connectivity index (χ4n) is 3.48. The van der Waals surface area contributed by atoms with Gasteiger partial charge in [0.1, 0.15) is 0 Å². The fraction of sp³-hybridized carbons (Fsp3) is 0.647. The molecule has 0 N–H and O–H groups in total. The minimum Gasteiger partial charge on any atom is -0.481 e. The zero-order valence-electron chi connectivity index (χ0n) is 13.9. The number of amides is 1. The molecule has 2 aliphatic heterocycles. The number of nitrogens with zero attached hydrogens (tertiary/aromatic N) is 3. The largest absolute Gasteiger partial charge is 0.481 e. The second-order valence-corrected chi connectivity index (χ2v) is 6.24. The summed E-state index contributed by atoms with van der Waals surface area (Å²) in [6, 6.07) is 5.63. The minimum atomic E-state index is -0.106. The van der Waals surface area contributed by atoms with Crippen molar-refractivity contribution in [3.8, 4) is 5.88 Å². The summed E-state index contributed by atoms with van der Waals surface area (Å²) in [5, 5.41) is 0. The quantitative estimate of drug-likeness (QED) is 0.819. The van der Waals surface area contributed by atoms with Gasteiger partial charge in [0.25, 0.3) is 0 Å². The highest BCUT2D eigenvalue weighted by Crippen LogP contribution is 2.25. The molecule has 2 atom stereocenters. The third kappa shape index (κ3) is 3.64. The van der Waals surface area contributed by atoms with Gasteiger partial charge >= 0.3 is 0 Å². The average Bonchev–Trinajstić information content (AvgIpc) is 3.24. The van der Waals surface area contributed by atoms with Crippen molar-refractivity contribution in [3.63, 3.8) is 0 Å². The van der Waals surface area contributed by atoms with Gasteiger partial charge in [-0.05, 0) is 25.3 Å². The van der Waals surface area contributed by atoms with Crippen LogP contribution in [0.15, 0.2) is 18.2 Å². The van der Waals surface area contributed by atoms with Gasteiger partial charge in [-0.1, -0.05) is 6.07 Å². The van der Waals surface area contributed by atoms with E-state index in [4.69, 9.17) is 9.47 Å². The number of hydrogen-bond acceptors (Lipinski definition) is 5. The van der Waals surface area contributed by atoms with E-state index in [1.165, 1.54) is 0 Å². The third-order valence-electron chi connectivity index (χ3n) is 4.76. The lowest BCUT2D eigenvalue weighted by atomic mass is 10.1. The molecule has 2 saturated heterocycles. The van der Waals surface area contributed by atoms with E-state index in [1.54, 1.807) is 14.2 Å². The maximum atomic E-state index is 12.8. The van der Waals surface area contributed by atoms with E-state index in [-0.39, 0.29) is 18.1 Å². The number of carbonyl (C=O) groups is 1. The van der Waals surface area contributed by atoms with Crippen molar-refractivity contribution in [2.75, 3.05) is 33.9 Å². The molecule has 1 amide bonds. The molecule has 3 heterocycles. The summed E-state index contributed by atoms with van der Waals surface area (Å²) in [7, 11) is 3.33. The summed E-state index contributed by atoms with van der Waals surface area (Å²) >= 11 is 0. The molecule has 0 spiro atoms. The first-order chi connectivity index (χ1) is 11.2. The Labute approximate surface area is 137 Å². The summed E-state index contributed by atoms with van der Waals surface area (Å²) in [5.41, 5.74) is 0.917. The molecule has 6 nitrogen and oxygen atoms in total. The Bertz CT molecular complexity index is 546. The molecule has 0 unspecified atom stereocenters. The molecular formula is C17H25N3O3. The predicted molar refractivity (Wildman–Crippen MR) is 86.2 cm³/mol. The van der Waals surface area contributed by atoms with E-state index in [0.717, 1.165) is 44.6 Å². The molecule has 126 valence electrons. The monoisotopic (exact) mass is 319 g/mol. The van der Waals surface area contributed by atoms with Crippen LogP contribution >= 0.6 is 0 Å². The van der Waals surface area contributed by atoms with Crippen molar-refractivity contribution < 1.29 is 14.3 Å². The Morgan fingerprint density at radius 3 is 2.78 bits per heavy atom. The molecule has 6 heteroatoms. The van der Waals surface area contributed by atoms with Crippen LogP contribution in [0.4, 0.5) is 0 Å². The highest BCUT2D eigenvalue weighted by atomic mass is 16.5. The molecule has 1 aromatic heterocycles. The number of carbonyl (C=O) groups excluding carboxylic acids is 1. The summed E-state index contributed by atoms with van der Waals surface area (Å²) < 4.78 is 10.7. The van der Waals surface area contributed by atoms with Crippen LogP contribution in [0.1, 0.15) is 25.0 Å². The number of rotatable bonds is 5. The van der Waals surface area contributed by atoms with Crippen molar-refractivity contribution in [3.05, 3.63) is 23.9 Å². The SMILES string of the molecule is COc1cccc(CN2C[C@@H](OC)C[C@H]2C(=O)N2CCCC2)n1. The highest BCUT2D eigenvalue weighted by molar-refractivity contribution is 5.82. The summed E-state index contributed by atoms with van der Waals surface area (Å²) in [5.74, 6) is 0.845. The summed E-state index contributed by atoms with van der Waals surface area (Å²) in [4.78, 5) is 21.5. The lowest BCUT2D eigenvalue weighted by Crippen LogP contribution is -2.44. The first-order valence-electron chi connectivity index (χ1n) is 8.27. The Kier molecular flexibility index (Phi) is 5.13. The molecule has 0 aliphatic carbocycles. The molecule has 2 aliphatic rings. The maximum absolute atomic E-state index is 12.8. The third-order valence-corrected chi connectivity index (χ3v) is 4.76. The Morgan fingerprint density at radius 2 is 2.09 bits per heavy atom. The van der Waals surface area contributed by atoms with Crippen LogP contribution in [0.5, 0.6) is 5.88 Å². The van der Waals surface area contributed by atoms with Crippen LogP contribution in [0.2, 0.25) is 0 Å². The van der Waals surface area contributed by atoms with E-state index >= 15 is 0 Å². The number of ether oxygens (including phenoxy) is 2. The highest BCUT2D eigenvalue weighted by Gasteiger charge is 2.39. The van der Waals surface area contributed by atoms with E-state index in [0.29, 0.717) is 12.4 Å². The molecule has 1 aromatic rings. The Morgan fingerprint density at radius 1 is 1.30 bits per heavy atom. The fourth-order valence-corrected chi connectivity index (χ4v) is 3.48. The molecule has 2 fully saturated rings. The molecule has 0 radical (unpaired) electrons. The molecule has 3 rings (SSSR count). The topological polar surface area (TPSA) is 54.9 Å². The molecule has 23 heavy (non-hydrogen) atoms. The van der Waals surface area contributed by atoms with Gasteiger partial charge in [0.15, 0.2) is 0 Å². The van der Waals surface area contributed by atoms with Gasteiger partial charge in [-0.15, -0.1) is 0 Å². The number of likely N-dealkylation sites (tertiary alicyclic amines) is 2. The van der Waals surface area contributed by atoms with Gasteiger partial charge in [0, 0.05) is 39.4 Å². The van der Waals surface area contributed by atoms with Crippen molar-refractivity contribution in [2.24, 2.45) is 0 Å². The van der Waals surface area contributed by atoms with E-state index < -0.39 is 0 Å². The van der Waals surface area contributed by atoms with Crippen LogP contribution < -0.4 is 4.74 Å². The van der Waals surface area contributed by atoms with Gasteiger partial charge < -0.3 is 14.4 Å². The molecular weight excluding hydrogens is 294 g/mol. The predicted octanol–water partition coefficient (Wildman–Crippen LogP) is 1.30. The van der Waals surface area contributed by atoms with E-state index in [2.05, 4.69) is 9.88 Å². The number of methoxy groups -OCH3 is 2. The summed E-state index contributed by atoms with van der Waals surface area (Å²) in [6.07, 6.45) is 3.10. The van der Waals surface area contributed by atoms with Crippen LogP contribution in [-0.4, -0.2) is 66.7 Å². The zero-order chi connectivity index (χ0) is 16.2. The van der Waals surface area contributed by atoms with Gasteiger partial charge in [-0.2, -0.15) is 0 Å². The van der Waals surface area contributed by atoms with Crippen LogP contribution in [0.25, 0.3) is 0 Å². The molecule has 0 aromatic carbocycles. The van der Waals surface area contributed by atoms with Crippen molar-refractivity contribution >= 4 is 5.91 Å². The van der Waals surface area contributed by atoms with Gasteiger partial charge in [-0.25, -0.2) is 4.98 Å². The standard InChI is InChI=1S/C17H25N3O3/c1-22-14-10-15(17(21)19-8-3-4-9-19)20(12-14)11-13-6-5-7-16(18-13)23-2/h5-7,14-15H,3-4,8-12H2,1-2H3/t14-,15-/m0/s1. The van der Waals surface area contributed by atoms with Gasteiger partial charge in [-0.3, -0.25) is 9.69 Å². The maximum Gasteiger partial charge on any atom is 0.240 e. The number of hydrogen-bond donors (Lipinski definition) is 0. The van der Waals surface area contributed by atoms with Gasteiger partial charge in [0.05, 0.1) is 24.9 Å². The van der Waals surface area contributed by atoms with E-state index in [9.17, 15) is 4.79 Å². The first-order valence-corrected chi connectivity index (χ1v) is 8.27. The second kappa shape index (κ2) is 7.27. The van der Waals surface area contributed by atoms with Crippen LogP contribution in [-0.2, 0) is 16.1 Å². The van der Waals surface area contributed by atoms with Gasteiger partial charge in [0.2, 0.25) is 11.8 Å². The Hall–Kier alpha value is -1.66. The molecule has 0 bridgehead atoms. The smallest absolute Gasteiger partial charge is 0.240 e. The first kappa shape index (κ1) is 16.2. The summed E-state index contributed by atoms with van der Waals surface area (Å²) in [6.45, 7) is 3.18. The Balaban J connectivity index is 1.72. The van der Waals surface area contributed by atoms with Crippen molar-refractivity contribution in [1.29, 1.82) is 0 Å². The lowest BCUT2D eigenvalue weighted by Gasteiger charge is -2.27. The van der Waals surface area contributed by atoms with Crippen molar-refractivity contribution in [2.45, 2.75) is 38.0 Å². The zero-order valence-corrected chi connectivity index (χ0v) is 13.9. The lowest BCUT2D eigenvalue weighted by molar-refractivity contribution is -0.135. The van der Waals surface area contributed by atoms with Crippen LogP contribution in [0, 0.1) is 0 Å². The van der Waals surface area contributed by atoms with Crippen molar-refractivity contribution in [1.82, 2.24) is 14.8 Å². The number of pyridine rings is 1. The number of aromatic nitrogens is 1.